The lowest BCUT2D eigenvalue weighted by Crippen LogP contribution is -2.20. The van der Waals surface area contributed by atoms with Crippen molar-refractivity contribution < 1.29 is 26.4 Å². The molecule has 0 N–H and O–H groups in total. The van der Waals surface area contributed by atoms with E-state index in [9.17, 15) is 26.4 Å². The number of thiol groups is 1. The van der Waals surface area contributed by atoms with Crippen LogP contribution in [0.2, 0.25) is 15.1 Å². The van der Waals surface area contributed by atoms with Crippen molar-refractivity contribution in [3.05, 3.63) is 170 Å². The van der Waals surface area contributed by atoms with Crippen LogP contribution in [0, 0.1) is 13.8 Å². The molecule has 0 spiro atoms. The summed E-state index contributed by atoms with van der Waals surface area (Å²) in [6.07, 6.45) is 0. The number of aryl methyl sites for hydroxylation is 2. The van der Waals surface area contributed by atoms with Gasteiger partial charge in [-0.05, 0) is 86.6 Å². The summed E-state index contributed by atoms with van der Waals surface area (Å²) in [5, 5.41) is 0.0926. The molecule has 0 saturated carbocycles. The third-order valence-electron chi connectivity index (χ3n) is 8.20. The molecule has 2 heterocycles. The Hall–Kier alpha value is -3.87. The van der Waals surface area contributed by atoms with Crippen LogP contribution >= 0.6 is 59.2 Å². The number of benzene rings is 6. The van der Waals surface area contributed by atoms with Crippen LogP contribution in [0.3, 0.4) is 0 Å². The number of sulfone groups is 2. The zero-order valence-corrected chi connectivity index (χ0v) is 33.4. The van der Waals surface area contributed by atoms with Crippen LogP contribution in [-0.4, -0.2) is 28.4 Å². The fourth-order valence-electron chi connectivity index (χ4n) is 5.75. The average molecular weight is 838 g/mol. The van der Waals surface area contributed by atoms with Crippen LogP contribution in [0.25, 0.3) is 0 Å². The van der Waals surface area contributed by atoms with Crippen LogP contribution in [0.1, 0.15) is 43.0 Å². The Labute approximate surface area is 332 Å². The SMILES string of the molecule is Cc1cccc(S)c1.Cc1cccc(Sc2ccc3c(c2Cl)S(=O)(=O)c2ccccc2C3=O)c1.O=C1c2ccccc2S(=O)(=O)c2c1ccc(Cl)c2Cl. The lowest BCUT2D eigenvalue weighted by atomic mass is 10.0. The summed E-state index contributed by atoms with van der Waals surface area (Å²) in [6, 6.07) is 34.3. The molecule has 268 valence electrons. The van der Waals surface area contributed by atoms with E-state index in [2.05, 4.69) is 25.6 Å². The standard InChI is InChI=1S/C20H13ClO3S2.C13H6Cl2O3S.C7H8S/c1-12-5-4-6-13(11-12)25-16-10-9-15-19(22)14-7-2-3-8-17(14)26(23,24)20(15)18(16)21;14-9-6-5-8-12(16)7-3-1-2-4-10(7)19(17,18)13(8)11(9)15;1-6-3-2-4-7(8)5-6/h2-11H,1H3;1-6H;2-5,8H,1H3. The van der Waals surface area contributed by atoms with E-state index < -0.39 is 19.7 Å². The molecule has 6 nitrogen and oxygen atoms in total. The maximum atomic E-state index is 13.1. The fourth-order valence-corrected chi connectivity index (χ4v) is 11.8. The summed E-state index contributed by atoms with van der Waals surface area (Å²) in [5.74, 6) is -0.682. The predicted molar refractivity (Wildman–Crippen MR) is 212 cm³/mol. The van der Waals surface area contributed by atoms with E-state index in [1.165, 1.54) is 53.7 Å². The Morgan fingerprint density at radius 1 is 0.528 bits per heavy atom. The molecular formula is C40H27Cl3O6S4. The van der Waals surface area contributed by atoms with Gasteiger partial charge >= 0.3 is 0 Å². The van der Waals surface area contributed by atoms with Crippen LogP contribution in [-0.2, 0) is 19.7 Å². The number of halogens is 3. The second kappa shape index (κ2) is 15.5. The van der Waals surface area contributed by atoms with Crippen molar-refractivity contribution in [1.29, 1.82) is 0 Å². The summed E-state index contributed by atoms with van der Waals surface area (Å²) in [4.78, 5) is 27.3. The molecule has 0 fully saturated rings. The summed E-state index contributed by atoms with van der Waals surface area (Å²) >= 11 is 23.8. The molecule has 6 aromatic carbocycles. The highest BCUT2D eigenvalue weighted by Crippen LogP contribution is 2.44. The lowest BCUT2D eigenvalue weighted by Gasteiger charge is -2.21. The summed E-state index contributed by atoms with van der Waals surface area (Å²) < 4.78 is 51.2. The quantitative estimate of drug-likeness (QED) is 0.173. The number of carbonyl (C=O) groups is 2. The van der Waals surface area contributed by atoms with Crippen molar-refractivity contribution in [2.45, 2.75) is 48.1 Å². The number of hydrogen-bond donors (Lipinski definition) is 1. The first-order valence-corrected chi connectivity index (χ1v) is 21.1. The van der Waals surface area contributed by atoms with Gasteiger partial charge in [-0.3, -0.25) is 9.59 Å². The zero-order valence-electron chi connectivity index (χ0n) is 27.8. The molecule has 0 unspecified atom stereocenters. The van der Waals surface area contributed by atoms with Crippen molar-refractivity contribution in [1.82, 2.24) is 0 Å². The molecule has 0 aliphatic carbocycles. The first-order chi connectivity index (χ1) is 25.1. The van der Waals surface area contributed by atoms with E-state index in [1.807, 2.05) is 49.4 Å². The van der Waals surface area contributed by atoms with Gasteiger partial charge in [-0.15, -0.1) is 12.6 Å². The third kappa shape index (κ3) is 7.59. The molecular weight excluding hydrogens is 811 g/mol. The molecule has 13 heteroatoms. The number of carbonyl (C=O) groups excluding carboxylic acids is 2. The van der Waals surface area contributed by atoms with E-state index in [0.29, 0.717) is 4.90 Å². The van der Waals surface area contributed by atoms with Crippen LogP contribution in [0.5, 0.6) is 0 Å². The van der Waals surface area contributed by atoms with E-state index in [1.54, 1.807) is 36.4 Å². The van der Waals surface area contributed by atoms with Crippen LogP contribution < -0.4 is 0 Å². The van der Waals surface area contributed by atoms with Crippen molar-refractivity contribution >= 4 is 90.4 Å². The molecule has 6 aromatic rings. The number of rotatable bonds is 2. The van der Waals surface area contributed by atoms with Crippen molar-refractivity contribution in [2.75, 3.05) is 0 Å². The Morgan fingerprint density at radius 2 is 1.02 bits per heavy atom. The van der Waals surface area contributed by atoms with Gasteiger partial charge in [0.25, 0.3) is 0 Å². The first-order valence-electron chi connectivity index (χ1n) is 15.7. The maximum Gasteiger partial charge on any atom is 0.209 e. The van der Waals surface area contributed by atoms with Crippen molar-refractivity contribution in [3.63, 3.8) is 0 Å². The predicted octanol–water partition coefficient (Wildman–Crippen LogP) is 10.8. The minimum absolute atomic E-state index is 0.0112. The molecule has 2 aliphatic rings. The van der Waals surface area contributed by atoms with Gasteiger partial charge in [-0.2, -0.15) is 0 Å². The molecule has 0 aromatic heterocycles. The van der Waals surface area contributed by atoms with Gasteiger partial charge in [0.15, 0.2) is 11.6 Å². The lowest BCUT2D eigenvalue weighted by molar-refractivity contribution is 0.102. The topological polar surface area (TPSA) is 102 Å². The van der Waals surface area contributed by atoms with Gasteiger partial charge in [0, 0.05) is 36.9 Å². The fraction of sp³-hybridized carbons (Fsp3) is 0.0500. The highest BCUT2D eigenvalue weighted by molar-refractivity contribution is 7.99. The van der Waals surface area contributed by atoms with Crippen molar-refractivity contribution in [3.8, 4) is 0 Å². The molecule has 0 saturated heterocycles. The van der Waals surface area contributed by atoms with Gasteiger partial charge < -0.3 is 0 Å². The van der Waals surface area contributed by atoms with Crippen molar-refractivity contribution in [2.24, 2.45) is 0 Å². The molecule has 0 amide bonds. The number of ketones is 2. The zero-order chi connectivity index (χ0) is 38.2. The Bertz CT molecular complexity index is 2680. The average Bonchev–Trinajstić information content (AvgIpc) is 3.12. The van der Waals surface area contributed by atoms with E-state index in [-0.39, 0.29) is 68.5 Å². The largest absolute Gasteiger partial charge is 0.289 e. The maximum absolute atomic E-state index is 13.1. The Balaban J connectivity index is 0.000000155. The summed E-state index contributed by atoms with van der Waals surface area (Å²) in [6.45, 7) is 4.04. The van der Waals surface area contributed by atoms with E-state index >= 15 is 0 Å². The number of fused-ring (bicyclic) bond motifs is 4. The van der Waals surface area contributed by atoms with Crippen LogP contribution in [0.4, 0.5) is 0 Å². The minimum Gasteiger partial charge on any atom is -0.289 e. The molecule has 8 rings (SSSR count). The normalized spacial score (nSPS) is 14.2. The van der Waals surface area contributed by atoms with Gasteiger partial charge in [0.2, 0.25) is 19.7 Å². The van der Waals surface area contributed by atoms with Crippen LogP contribution in [0.15, 0.2) is 156 Å². The number of hydrogen-bond acceptors (Lipinski definition) is 8. The third-order valence-corrected chi connectivity index (χ3v) is 14.9. The molecule has 53 heavy (non-hydrogen) atoms. The van der Waals surface area contributed by atoms with Gasteiger partial charge in [0.05, 0.1) is 24.9 Å². The van der Waals surface area contributed by atoms with Gasteiger partial charge in [0.1, 0.15) is 9.79 Å². The Morgan fingerprint density at radius 3 is 1.53 bits per heavy atom. The smallest absolute Gasteiger partial charge is 0.209 e. The highest BCUT2D eigenvalue weighted by atomic mass is 35.5. The molecule has 2 aliphatic heterocycles. The first kappa shape index (κ1) is 38.8. The minimum atomic E-state index is -3.85. The summed E-state index contributed by atoms with van der Waals surface area (Å²) in [7, 11) is -7.68. The van der Waals surface area contributed by atoms with Gasteiger partial charge in [-0.25, -0.2) is 16.8 Å². The van der Waals surface area contributed by atoms with E-state index in [4.69, 9.17) is 34.8 Å². The summed E-state index contributed by atoms with van der Waals surface area (Å²) in [5.41, 5.74) is 2.90. The Kier molecular flexibility index (Phi) is 11.3. The second-order valence-corrected chi connectivity index (χ2v) is 18.4. The monoisotopic (exact) mass is 836 g/mol. The highest BCUT2D eigenvalue weighted by Gasteiger charge is 2.38. The molecule has 0 atom stereocenters. The van der Waals surface area contributed by atoms with E-state index in [0.717, 1.165) is 15.4 Å². The molecule has 0 bridgehead atoms. The molecule has 0 radical (unpaired) electrons. The second-order valence-electron chi connectivity index (χ2n) is 11.9. The van der Waals surface area contributed by atoms with Gasteiger partial charge in [-0.1, -0.05) is 106 Å².